The zero-order valence-corrected chi connectivity index (χ0v) is 43.7. The first-order valence-corrected chi connectivity index (χ1v) is 26.1. The van der Waals surface area contributed by atoms with Crippen molar-refractivity contribution in [1.82, 2.24) is 18.7 Å². The van der Waals surface area contributed by atoms with E-state index in [1.54, 1.807) is 0 Å². The molecule has 0 atom stereocenters. The molecule has 370 valence electrons. The molecule has 6 heteroatoms. The van der Waals surface area contributed by atoms with Crippen molar-refractivity contribution in [3.8, 4) is 56.6 Å². The van der Waals surface area contributed by atoms with E-state index in [9.17, 15) is 2.74 Å². The van der Waals surface area contributed by atoms with E-state index in [0.717, 1.165) is 89.7 Å². The molecule has 13 aromatic rings. The Kier molecular flexibility index (Phi) is 9.87. The van der Waals surface area contributed by atoms with Crippen molar-refractivity contribution in [2.24, 2.45) is 0 Å². The molecule has 0 fully saturated rings. The molecule has 6 nitrogen and oxygen atoms in total. The Balaban J connectivity index is 0.962. The Bertz CT molecular complexity index is 4590. The van der Waals surface area contributed by atoms with Gasteiger partial charge < -0.3 is 9.30 Å². The summed E-state index contributed by atoms with van der Waals surface area (Å²) in [5, 5.41) is 4.59. The number of pyridine rings is 1. The van der Waals surface area contributed by atoms with E-state index >= 15 is 0 Å². The third-order valence-corrected chi connectivity index (χ3v) is 14.9. The van der Waals surface area contributed by atoms with Crippen LogP contribution in [-0.4, -0.2) is 18.7 Å². The summed E-state index contributed by atoms with van der Waals surface area (Å²) in [5.74, 6) is 2.09. The number of hydrogen-bond acceptors (Lipinski definition) is 2. The summed E-state index contributed by atoms with van der Waals surface area (Å²) in [5.41, 5.74) is 13.9. The van der Waals surface area contributed by atoms with Crippen molar-refractivity contribution in [1.29, 1.82) is 0 Å². The maximum absolute atomic E-state index is 9.27. The molecule has 9 aromatic carbocycles. The molecule has 0 radical (unpaired) electrons. The van der Waals surface area contributed by atoms with Gasteiger partial charge in [-0.1, -0.05) is 182 Å². The summed E-state index contributed by atoms with van der Waals surface area (Å²) in [6.07, 6.45) is 6.48. The topological polar surface area (TPSA) is 40.8 Å². The van der Waals surface area contributed by atoms with Crippen LogP contribution < -0.4 is 9.30 Å². The van der Waals surface area contributed by atoms with Crippen molar-refractivity contribution < 1.29 is 16.2 Å². The van der Waals surface area contributed by atoms with Gasteiger partial charge in [-0.3, -0.25) is 13.7 Å². The number of rotatable bonds is 9. The molecule has 0 bridgehead atoms. The summed E-state index contributed by atoms with van der Waals surface area (Å²) in [4.78, 5) is 4.95. The molecule has 0 saturated heterocycles. The van der Waals surface area contributed by atoms with E-state index in [4.69, 9.17) is 13.8 Å². The minimum absolute atomic E-state index is 0.113. The first-order valence-electron chi connectivity index (χ1n) is 28.6. The van der Waals surface area contributed by atoms with Crippen LogP contribution in [-0.2, 0) is 17.3 Å². The standard InChI is InChI=1S/C70H59N5O/c1-8-46-36-37-71-67(38-46)75-63-35-32-52(74-61-28-14-12-24-57(61)58-25-13-15-29-62(58)74)43-60(63)59-34-33-54(44-66(59)75)76-53-23-18-22-51(42-53)72-45-73(65-31-17-16-30-64(65)72)68-55(47-20-10-9-11-21-47)26-19-27-56(68)48-39-49(69(2,3)4)41-50(40-48)70(5,6)7/h9-44H,8H2,1-7H3/i9D,10D,11D,20D,21D. The Hall–Kier alpha value is -9.00. The minimum atomic E-state index is -0.441. The molecule has 0 aliphatic rings. The lowest BCUT2D eigenvalue weighted by Crippen LogP contribution is -2.31. The first-order chi connectivity index (χ1) is 39.0. The van der Waals surface area contributed by atoms with Gasteiger partial charge in [-0.05, 0) is 129 Å². The van der Waals surface area contributed by atoms with E-state index in [1.165, 1.54) is 16.3 Å². The van der Waals surface area contributed by atoms with Crippen molar-refractivity contribution in [3.05, 3.63) is 241 Å². The summed E-state index contributed by atoms with van der Waals surface area (Å²) in [6, 6.07) is 61.2. The van der Waals surface area contributed by atoms with Gasteiger partial charge >= 0.3 is 0 Å². The molecular formula is C70H59N5O. The highest BCUT2D eigenvalue weighted by Crippen LogP contribution is 2.41. The van der Waals surface area contributed by atoms with Crippen LogP contribution in [0.1, 0.15) is 72.0 Å². The van der Waals surface area contributed by atoms with Crippen LogP contribution in [0.3, 0.4) is 0 Å². The van der Waals surface area contributed by atoms with Crippen LogP contribution in [0.15, 0.2) is 218 Å². The molecule has 4 heterocycles. The largest absolute Gasteiger partial charge is 0.458 e. The summed E-state index contributed by atoms with van der Waals surface area (Å²) in [6.45, 7) is 15.4. The average Bonchev–Trinajstić information content (AvgIpc) is 4.33. The smallest absolute Gasteiger partial charge is 0.269 e. The van der Waals surface area contributed by atoms with Crippen molar-refractivity contribution in [2.45, 2.75) is 65.7 Å². The lowest BCUT2D eigenvalue weighted by molar-refractivity contribution is -0.571. The second kappa shape index (κ2) is 18.1. The summed E-state index contributed by atoms with van der Waals surface area (Å²) in [7, 11) is 0. The third kappa shape index (κ3) is 8.04. The van der Waals surface area contributed by atoms with Crippen LogP contribution in [0.2, 0.25) is 0 Å². The fourth-order valence-electron chi connectivity index (χ4n) is 10.9. The quantitative estimate of drug-likeness (QED) is 0.107. The van der Waals surface area contributed by atoms with Gasteiger partial charge in [0, 0.05) is 39.5 Å². The van der Waals surface area contributed by atoms with E-state index in [2.05, 4.69) is 179 Å². The number of nitrogens with zero attached hydrogens (tertiary/aromatic N) is 5. The Morgan fingerprint density at radius 2 is 1.14 bits per heavy atom. The summed E-state index contributed by atoms with van der Waals surface area (Å²) < 4.78 is 60.1. The number of aromatic nitrogens is 5. The fraction of sp³-hybridized carbons (Fsp3) is 0.143. The van der Waals surface area contributed by atoms with Gasteiger partial charge in [-0.2, -0.15) is 0 Å². The molecule has 76 heavy (non-hydrogen) atoms. The molecule has 0 N–H and O–H groups in total. The second-order valence-electron chi connectivity index (χ2n) is 21.8. The predicted molar refractivity (Wildman–Crippen MR) is 314 cm³/mol. The Labute approximate surface area is 451 Å². The molecule has 0 spiro atoms. The van der Waals surface area contributed by atoms with E-state index in [0.29, 0.717) is 22.7 Å². The summed E-state index contributed by atoms with van der Waals surface area (Å²) >= 11 is 0. The van der Waals surface area contributed by atoms with Crippen LogP contribution in [0.25, 0.3) is 99.8 Å². The Morgan fingerprint density at radius 3 is 1.86 bits per heavy atom. The number of aryl methyl sites for hydroxylation is 1. The number of benzene rings is 9. The predicted octanol–water partition coefficient (Wildman–Crippen LogP) is 17.6. The van der Waals surface area contributed by atoms with Gasteiger partial charge in [0.05, 0.1) is 51.3 Å². The molecule has 0 amide bonds. The molecule has 0 unspecified atom stereocenters. The Morgan fingerprint density at radius 1 is 0.513 bits per heavy atom. The first kappa shape index (κ1) is 41.4. The number of hydrogen-bond donors (Lipinski definition) is 0. The van der Waals surface area contributed by atoms with Crippen molar-refractivity contribution in [2.75, 3.05) is 0 Å². The van der Waals surface area contributed by atoms with Gasteiger partial charge in [0.25, 0.3) is 6.33 Å². The lowest BCUT2D eigenvalue weighted by atomic mass is 9.78. The number of ether oxygens (including phenoxy) is 1. The molecule has 0 saturated carbocycles. The maximum atomic E-state index is 9.27. The monoisotopic (exact) mass is 991 g/mol. The molecule has 13 rings (SSSR count). The number of para-hydroxylation sites is 5. The molecule has 4 aromatic heterocycles. The normalized spacial score (nSPS) is 13.1. The highest BCUT2D eigenvalue weighted by Gasteiger charge is 2.25. The van der Waals surface area contributed by atoms with Gasteiger partial charge in [-0.15, -0.1) is 0 Å². The average molecular weight is 991 g/mol. The van der Waals surface area contributed by atoms with Crippen LogP contribution in [0, 0.1) is 6.33 Å². The van der Waals surface area contributed by atoms with Crippen LogP contribution >= 0.6 is 0 Å². The van der Waals surface area contributed by atoms with Crippen molar-refractivity contribution >= 4 is 54.6 Å². The van der Waals surface area contributed by atoms with Gasteiger partial charge in [0.15, 0.2) is 0 Å². The molecular weight excluding hydrogens is 927 g/mol. The van der Waals surface area contributed by atoms with E-state index in [-0.39, 0.29) is 28.5 Å². The van der Waals surface area contributed by atoms with Crippen LogP contribution in [0.5, 0.6) is 11.5 Å². The highest BCUT2D eigenvalue weighted by molar-refractivity contribution is 6.12. The van der Waals surface area contributed by atoms with Gasteiger partial charge in [0.1, 0.15) is 17.3 Å². The lowest BCUT2D eigenvalue weighted by Gasteiger charge is -2.27. The van der Waals surface area contributed by atoms with Crippen LogP contribution in [0.4, 0.5) is 0 Å². The molecule has 0 aliphatic carbocycles. The van der Waals surface area contributed by atoms with Gasteiger partial charge in [0.2, 0.25) is 0 Å². The van der Waals surface area contributed by atoms with Crippen molar-refractivity contribution in [3.63, 3.8) is 0 Å². The highest BCUT2D eigenvalue weighted by atomic mass is 16.5. The zero-order chi connectivity index (χ0) is 56.2. The number of fused-ring (bicyclic) bond motifs is 7. The van der Waals surface area contributed by atoms with E-state index < -0.39 is 18.1 Å². The maximum Gasteiger partial charge on any atom is 0.269 e. The fourth-order valence-corrected chi connectivity index (χ4v) is 10.9. The second-order valence-corrected chi connectivity index (χ2v) is 21.8. The third-order valence-electron chi connectivity index (χ3n) is 14.9. The zero-order valence-electron chi connectivity index (χ0n) is 48.7. The minimum Gasteiger partial charge on any atom is -0.458 e. The number of imidazole rings is 1. The molecule has 0 aliphatic heterocycles. The van der Waals surface area contributed by atoms with E-state index in [1.807, 2.05) is 82.1 Å². The van der Waals surface area contributed by atoms with Gasteiger partial charge in [-0.25, -0.2) is 4.98 Å². The SMILES string of the molecule is [2H]c1c([2H])c([2H])c(-c2cccc(-c3cc(C(C)(C)C)cc(C(C)(C)C)c3)c2-[n+]2[c-]n(-c3cccc(Oc4ccc5c6cc(-n7c8ccccc8c8ccccc87)ccc6n(-c6cc(CC)ccn6)c5c4)c3)c3ccccc32)c([2H])c1[2H].